The van der Waals surface area contributed by atoms with E-state index in [4.69, 9.17) is 20.8 Å². The maximum absolute atomic E-state index is 12.1. The van der Waals surface area contributed by atoms with Crippen molar-refractivity contribution < 1.29 is 23.5 Å². The third-order valence-electron chi connectivity index (χ3n) is 3.88. The van der Waals surface area contributed by atoms with Gasteiger partial charge in [-0.05, 0) is 50.2 Å². The van der Waals surface area contributed by atoms with Crippen LogP contribution in [0.3, 0.4) is 0 Å². The Bertz CT molecular complexity index is 1020. The third kappa shape index (κ3) is 4.12. The molecular formula is C19H16ClN3O5. The van der Waals surface area contributed by atoms with E-state index in [0.29, 0.717) is 10.7 Å². The number of amides is 2. The Kier molecular flexibility index (Phi) is 5.60. The minimum absolute atomic E-state index is 0.0143. The number of hydrogen-bond acceptors (Lipinski definition) is 6. The van der Waals surface area contributed by atoms with Gasteiger partial charge in [-0.25, -0.2) is 9.48 Å². The summed E-state index contributed by atoms with van der Waals surface area (Å²) >= 11 is 6.14. The molecule has 0 aliphatic rings. The lowest BCUT2D eigenvalue weighted by Crippen LogP contribution is -2.33. The number of aryl methyl sites for hydroxylation is 1. The molecule has 2 amide bonds. The van der Waals surface area contributed by atoms with E-state index in [9.17, 15) is 14.4 Å². The fraction of sp³-hybridized carbons (Fsp3) is 0.158. The minimum atomic E-state index is -0.761. The molecule has 0 saturated carbocycles. The molecule has 0 radical (unpaired) electrons. The number of aromatic nitrogens is 2. The number of imide groups is 1. The molecule has 0 atom stereocenters. The van der Waals surface area contributed by atoms with Crippen LogP contribution in [0.1, 0.15) is 32.3 Å². The predicted octanol–water partition coefficient (Wildman–Crippen LogP) is 2.85. The number of furan rings is 1. The highest BCUT2D eigenvalue weighted by Crippen LogP contribution is 2.22. The van der Waals surface area contributed by atoms with Crippen LogP contribution in [0.5, 0.6) is 0 Å². The van der Waals surface area contributed by atoms with E-state index in [1.54, 1.807) is 35.9 Å². The lowest BCUT2D eigenvalue weighted by Gasteiger charge is -2.07. The zero-order chi connectivity index (χ0) is 20.3. The van der Waals surface area contributed by atoms with Gasteiger partial charge in [0.15, 0.2) is 12.4 Å². The molecule has 0 aliphatic heterocycles. The Labute approximate surface area is 165 Å². The second-order valence-corrected chi connectivity index (χ2v) is 6.25. The predicted molar refractivity (Wildman–Crippen MR) is 99.5 cm³/mol. The van der Waals surface area contributed by atoms with Crippen molar-refractivity contribution in [2.24, 2.45) is 0 Å². The summed E-state index contributed by atoms with van der Waals surface area (Å²) in [6, 6.07) is 9.40. The van der Waals surface area contributed by atoms with Gasteiger partial charge in [-0.15, -0.1) is 0 Å². The fourth-order valence-corrected chi connectivity index (χ4v) is 2.58. The Morgan fingerprint density at radius 2 is 1.89 bits per heavy atom. The van der Waals surface area contributed by atoms with Crippen LogP contribution in [0.2, 0.25) is 5.02 Å². The number of hydrogen-bond donors (Lipinski definition) is 1. The summed E-state index contributed by atoms with van der Waals surface area (Å²) < 4.78 is 11.5. The molecule has 3 rings (SSSR count). The summed E-state index contributed by atoms with van der Waals surface area (Å²) in [6.07, 6.45) is 1.31. The Balaban J connectivity index is 1.58. The molecule has 9 heteroatoms. The maximum atomic E-state index is 12.1. The summed E-state index contributed by atoms with van der Waals surface area (Å²) in [7, 11) is 0. The number of carbonyl (C=O) groups excluding carboxylic acids is 3. The summed E-state index contributed by atoms with van der Waals surface area (Å²) in [5, 5.41) is 6.98. The first-order valence-corrected chi connectivity index (χ1v) is 8.61. The van der Waals surface area contributed by atoms with Crippen molar-refractivity contribution in [3.8, 4) is 5.69 Å². The lowest BCUT2D eigenvalue weighted by molar-refractivity contribution is -0.123. The molecule has 1 aromatic carbocycles. The summed E-state index contributed by atoms with van der Waals surface area (Å²) in [5.74, 6) is -2.18. The first-order valence-electron chi connectivity index (χ1n) is 8.24. The molecule has 2 aromatic heterocycles. The second-order valence-electron chi connectivity index (χ2n) is 5.87. The molecule has 0 fully saturated rings. The van der Waals surface area contributed by atoms with Gasteiger partial charge in [-0.3, -0.25) is 14.9 Å². The molecule has 28 heavy (non-hydrogen) atoms. The van der Waals surface area contributed by atoms with Crippen molar-refractivity contribution in [2.75, 3.05) is 6.61 Å². The maximum Gasteiger partial charge on any atom is 0.338 e. The van der Waals surface area contributed by atoms with Gasteiger partial charge in [0, 0.05) is 0 Å². The number of halogens is 1. The lowest BCUT2D eigenvalue weighted by atomic mass is 10.2. The van der Waals surface area contributed by atoms with E-state index in [-0.39, 0.29) is 11.3 Å². The van der Waals surface area contributed by atoms with Crippen molar-refractivity contribution in [1.82, 2.24) is 15.1 Å². The highest BCUT2D eigenvalue weighted by molar-refractivity contribution is 6.31. The largest absolute Gasteiger partial charge is 0.459 e. The van der Waals surface area contributed by atoms with E-state index < -0.39 is 24.4 Å². The van der Waals surface area contributed by atoms with Gasteiger partial charge >= 0.3 is 5.97 Å². The topological polar surface area (TPSA) is 103 Å². The average molecular weight is 402 g/mol. The Hall–Kier alpha value is -3.39. The molecule has 2 heterocycles. The summed E-state index contributed by atoms with van der Waals surface area (Å²) in [4.78, 5) is 35.5. The molecule has 0 spiro atoms. The normalized spacial score (nSPS) is 10.5. The molecule has 0 saturated heterocycles. The van der Waals surface area contributed by atoms with Crippen LogP contribution in [0, 0.1) is 13.8 Å². The average Bonchev–Trinajstić information content (AvgIpc) is 3.31. The van der Waals surface area contributed by atoms with Crippen molar-refractivity contribution in [3.63, 3.8) is 0 Å². The van der Waals surface area contributed by atoms with Gasteiger partial charge in [-0.1, -0.05) is 11.6 Å². The zero-order valence-electron chi connectivity index (χ0n) is 15.1. The van der Waals surface area contributed by atoms with Crippen molar-refractivity contribution in [2.45, 2.75) is 13.8 Å². The van der Waals surface area contributed by atoms with Crippen molar-refractivity contribution in [1.29, 1.82) is 0 Å². The quantitative estimate of drug-likeness (QED) is 0.659. The van der Waals surface area contributed by atoms with Crippen LogP contribution in [0.25, 0.3) is 5.69 Å². The Morgan fingerprint density at radius 1 is 1.18 bits per heavy atom. The van der Waals surface area contributed by atoms with Gasteiger partial charge in [0.25, 0.3) is 11.8 Å². The fourth-order valence-electron chi connectivity index (χ4n) is 2.46. The first kappa shape index (κ1) is 19.4. The number of nitrogens with one attached hydrogen (secondary N) is 1. The van der Waals surface area contributed by atoms with Crippen molar-refractivity contribution in [3.05, 3.63) is 70.4 Å². The molecular weight excluding hydrogens is 386 g/mol. The zero-order valence-corrected chi connectivity index (χ0v) is 15.8. The van der Waals surface area contributed by atoms with Gasteiger partial charge in [0.1, 0.15) is 0 Å². The van der Waals surface area contributed by atoms with Crippen LogP contribution in [-0.4, -0.2) is 34.2 Å². The third-order valence-corrected chi connectivity index (χ3v) is 4.43. The second kappa shape index (κ2) is 8.10. The number of benzene rings is 1. The van der Waals surface area contributed by atoms with Crippen molar-refractivity contribution >= 4 is 29.4 Å². The van der Waals surface area contributed by atoms with E-state index >= 15 is 0 Å². The highest BCUT2D eigenvalue weighted by atomic mass is 35.5. The van der Waals surface area contributed by atoms with E-state index in [0.717, 1.165) is 11.4 Å². The van der Waals surface area contributed by atoms with Gasteiger partial charge in [0.05, 0.1) is 33.9 Å². The molecule has 0 unspecified atom stereocenters. The molecule has 3 aromatic rings. The number of esters is 1. The van der Waals surface area contributed by atoms with E-state index in [2.05, 4.69) is 10.4 Å². The summed E-state index contributed by atoms with van der Waals surface area (Å²) in [5.41, 5.74) is 2.47. The molecule has 144 valence electrons. The first-order chi connectivity index (χ1) is 13.4. The van der Waals surface area contributed by atoms with Gasteiger partial charge in [-0.2, -0.15) is 5.10 Å². The number of nitrogens with zero attached hydrogens (tertiary/aromatic N) is 2. The summed E-state index contributed by atoms with van der Waals surface area (Å²) in [6.45, 7) is 3.05. The smallest absolute Gasteiger partial charge is 0.338 e. The van der Waals surface area contributed by atoms with Gasteiger partial charge < -0.3 is 9.15 Å². The number of ether oxygens (including phenoxy) is 1. The van der Waals surface area contributed by atoms with Gasteiger partial charge in [0.2, 0.25) is 0 Å². The standard InChI is InChI=1S/C19H16ClN3O5/c1-11-17(20)12(2)23(22-11)14-7-5-13(6-8-14)19(26)28-10-16(24)21-18(25)15-4-3-9-27-15/h3-9H,10H2,1-2H3,(H,21,24,25). The molecule has 0 aliphatic carbocycles. The number of rotatable bonds is 5. The molecule has 8 nitrogen and oxygen atoms in total. The Morgan fingerprint density at radius 3 is 2.46 bits per heavy atom. The molecule has 1 N–H and O–H groups in total. The van der Waals surface area contributed by atoms with E-state index in [1.807, 2.05) is 6.92 Å². The highest BCUT2D eigenvalue weighted by Gasteiger charge is 2.16. The van der Waals surface area contributed by atoms with Crippen LogP contribution in [-0.2, 0) is 9.53 Å². The molecule has 0 bridgehead atoms. The van der Waals surface area contributed by atoms with E-state index in [1.165, 1.54) is 18.4 Å². The monoisotopic (exact) mass is 401 g/mol. The van der Waals surface area contributed by atoms with Crippen LogP contribution in [0.15, 0.2) is 47.1 Å². The minimum Gasteiger partial charge on any atom is -0.459 e. The SMILES string of the molecule is Cc1nn(-c2ccc(C(=O)OCC(=O)NC(=O)c3ccco3)cc2)c(C)c1Cl. The van der Waals surface area contributed by atoms with Crippen LogP contribution < -0.4 is 5.32 Å². The number of carbonyl (C=O) groups is 3. The van der Waals surface area contributed by atoms with Crippen LogP contribution in [0.4, 0.5) is 0 Å². The van der Waals surface area contributed by atoms with Crippen LogP contribution >= 0.6 is 11.6 Å².